The van der Waals surface area contributed by atoms with Crippen LogP contribution < -0.4 is 14.8 Å². The van der Waals surface area contributed by atoms with Crippen molar-refractivity contribution in [1.82, 2.24) is 15.2 Å². The maximum absolute atomic E-state index is 13.3. The zero-order valence-electron chi connectivity index (χ0n) is 15.6. The molecule has 2 unspecified atom stereocenters. The van der Waals surface area contributed by atoms with Gasteiger partial charge in [-0.15, -0.1) is 0 Å². The van der Waals surface area contributed by atoms with Crippen molar-refractivity contribution < 1.29 is 14.3 Å². The van der Waals surface area contributed by atoms with Gasteiger partial charge in [0.05, 0.1) is 18.6 Å². The molecule has 2 atom stereocenters. The molecule has 0 bridgehead atoms. The van der Waals surface area contributed by atoms with Crippen molar-refractivity contribution >= 4 is 5.91 Å². The highest BCUT2D eigenvalue weighted by molar-refractivity contribution is 5.80. The van der Waals surface area contributed by atoms with E-state index in [-0.39, 0.29) is 17.9 Å². The number of pyridine rings is 1. The number of nitrogens with zero attached hydrogens (tertiary/aromatic N) is 2. The van der Waals surface area contributed by atoms with Crippen molar-refractivity contribution in [3.8, 4) is 11.5 Å². The highest BCUT2D eigenvalue weighted by Gasteiger charge is 2.35. The summed E-state index contributed by atoms with van der Waals surface area (Å²) in [6.45, 7) is 5.25. The van der Waals surface area contributed by atoms with E-state index in [1.165, 1.54) is 0 Å². The fourth-order valence-electron chi connectivity index (χ4n) is 3.86. The first-order valence-electron chi connectivity index (χ1n) is 9.56. The summed E-state index contributed by atoms with van der Waals surface area (Å²) in [4.78, 5) is 19.5. The Hall–Kier alpha value is -2.60. The van der Waals surface area contributed by atoms with E-state index in [9.17, 15) is 4.79 Å². The van der Waals surface area contributed by atoms with Crippen LogP contribution in [0.2, 0.25) is 0 Å². The summed E-state index contributed by atoms with van der Waals surface area (Å²) in [6, 6.07) is 9.81. The Labute approximate surface area is 159 Å². The topological polar surface area (TPSA) is 63.7 Å². The maximum Gasteiger partial charge on any atom is 0.230 e. The van der Waals surface area contributed by atoms with Gasteiger partial charge >= 0.3 is 0 Å². The van der Waals surface area contributed by atoms with Gasteiger partial charge in [0.15, 0.2) is 0 Å². The van der Waals surface area contributed by atoms with E-state index < -0.39 is 0 Å². The zero-order valence-corrected chi connectivity index (χ0v) is 15.6. The molecule has 6 heteroatoms. The molecular formula is C21H25N3O3. The van der Waals surface area contributed by atoms with Crippen LogP contribution >= 0.6 is 0 Å². The SMILES string of the molecule is CCOc1ccc2c(c1)CC(C(=O)N1CCNCC1c1cccnc1)CO2. The minimum absolute atomic E-state index is 0.0103. The Morgan fingerprint density at radius 3 is 3.15 bits per heavy atom. The van der Waals surface area contributed by atoms with E-state index in [0.29, 0.717) is 26.2 Å². The van der Waals surface area contributed by atoms with Crippen LogP contribution in [0, 0.1) is 5.92 Å². The lowest BCUT2D eigenvalue weighted by Crippen LogP contribution is -2.51. The van der Waals surface area contributed by atoms with Crippen LogP contribution in [0.15, 0.2) is 42.7 Å². The first-order valence-corrected chi connectivity index (χ1v) is 9.56. The van der Waals surface area contributed by atoms with Gasteiger partial charge in [-0.05, 0) is 48.7 Å². The van der Waals surface area contributed by atoms with Crippen molar-refractivity contribution in [3.63, 3.8) is 0 Å². The molecule has 0 radical (unpaired) electrons. The van der Waals surface area contributed by atoms with Gasteiger partial charge in [-0.3, -0.25) is 9.78 Å². The van der Waals surface area contributed by atoms with Crippen molar-refractivity contribution in [3.05, 3.63) is 53.9 Å². The highest BCUT2D eigenvalue weighted by Crippen LogP contribution is 2.33. The molecule has 2 aromatic rings. The Morgan fingerprint density at radius 1 is 1.41 bits per heavy atom. The average molecular weight is 367 g/mol. The lowest BCUT2D eigenvalue weighted by atomic mass is 9.93. The molecule has 1 fully saturated rings. The molecule has 0 saturated carbocycles. The first kappa shape index (κ1) is 17.8. The van der Waals surface area contributed by atoms with Gasteiger partial charge in [0.25, 0.3) is 0 Å². The molecule has 1 aromatic heterocycles. The van der Waals surface area contributed by atoms with Gasteiger partial charge in [-0.1, -0.05) is 6.07 Å². The molecule has 0 aliphatic carbocycles. The summed E-state index contributed by atoms with van der Waals surface area (Å²) >= 11 is 0. The number of rotatable bonds is 4. The maximum atomic E-state index is 13.3. The van der Waals surface area contributed by atoms with Crippen LogP contribution in [0.5, 0.6) is 11.5 Å². The smallest absolute Gasteiger partial charge is 0.230 e. The Kier molecular flexibility index (Phi) is 5.25. The zero-order chi connectivity index (χ0) is 18.6. The van der Waals surface area contributed by atoms with Gasteiger partial charge in [-0.2, -0.15) is 0 Å². The van der Waals surface area contributed by atoms with Gasteiger partial charge in [0.2, 0.25) is 5.91 Å². The number of carbonyl (C=O) groups excluding carboxylic acids is 1. The number of benzene rings is 1. The number of amides is 1. The van der Waals surface area contributed by atoms with E-state index in [0.717, 1.165) is 35.7 Å². The second-order valence-corrected chi connectivity index (χ2v) is 6.95. The van der Waals surface area contributed by atoms with E-state index in [2.05, 4.69) is 10.3 Å². The molecule has 0 spiro atoms. The highest BCUT2D eigenvalue weighted by atomic mass is 16.5. The van der Waals surface area contributed by atoms with Crippen LogP contribution in [0.1, 0.15) is 24.1 Å². The Morgan fingerprint density at radius 2 is 2.33 bits per heavy atom. The van der Waals surface area contributed by atoms with Crippen molar-refractivity contribution in [2.24, 2.45) is 5.92 Å². The lowest BCUT2D eigenvalue weighted by Gasteiger charge is -2.39. The molecule has 1 aromatic carbocycles. The summed E-state index contributed by atoms with van der Waals surface area (Å²) in [5.41, 5.74) is 2.10. The molecule has 2 aliphatic rings. The number of hydrogen-bond acceptors (Lipinski definition) is 5. The van der Waals surface area contributed by atoms with Crippen LogP contribution in [0.4, 0.5) is 0 Å². The predicted molar refractivity (Wildman–Crippen MR) is 102 cm³/mol. The summed E-state index contributed by atoms with van der Waals surface area (Å²) in [6.07, 6.45) is 4.28. The van der Waals surface area contributed by atoms with Crippen molar-refractivity contribution in [2.45, 2.75) is 19.4 Å². The average Bonchev–Trinajstić information content (AvgIpc) is 2.73. The van der Waals surface area contributed by atoms with Crippen LogP contribution in [0.25, 0.3) is 0 Å². The minimum atomic E-state index is -0.174. The van der Waals surface area contributed by atoms with Crippen LogP contribution in [0.3, 0.4) is 0 Å². The molecular weight excluding hydrogens is 342 g/mol. The third-order valence-electron chi connectivity index (χ3n) is 5.19. The van der Waals surface area contributed by atoms with Crippen molar-refractivity contribution in [2.75, 3.05) is 32.8 Å². The van der Waals surface area contributed by atoms with Gasteiger partial charge in [-0.25, -0.2) is 0 Å². The summed E-state index contributed by atoms with van der Waals surface area (Å²) < 4.78 is 11.5. The molecule has 6 nitrogen and oxygen atoms in total. The van der Waals surface area contributed by atoms with Gasteiger partial charge in [0.1, 0.15) is 18.1 Å². The molecule has 1 saturated heterocycles. The fourth-order valence-corrected chi connectivity index (χ4v) is 3.86. The second kappa shape index (κ2) is 7.96. The lowest BCUT2D eigenvalue weighted by molar-refractivity contribution is -0.140. The third-order valence-corrected chi connectivity index (χ3v) is 5.19. The molecule has 27 heavy (non-hydrogen) atoms. The number of hydrogen-bond donors (Lipinski definition) is 1. The summed E-state index contributed by atoms with van der Waals surface area (Å²) in [5.74, 6) is 1.65. The minimum Gasteiger partial charge on any atom is -0.494 e. The van der Waals surface area contributed by atoms with E-state index >= 15 is 0 Å². The number of piperazine rings is 1. The first-order chi connectivity index (χ1) is 13.3. The quantitative estimate of drug-likeness (QED) is 0.898. The molecule has 142 valence electrons. The third kappa shape index (κ3) is 3.76. The van der Waals surface area contributed by atoms with E-state index in [1.807, 2.05) is 48.4 Å². The van der Waals surface area contributed by atoms with Crippen LogP contribution in [-0.4, -0.2) is 48.6 Å². The fraction of sp³-hybridized carbons (Fsp3) is 0.429. The van der Waals surface area contributed by atoms with Gasteiger partial charge < -0.3 is 19.7 Å². The standard InChI is InChI=1S/C21H25N3O3/c1-2-26-18-5-6-20-16(11-18)10-17(14-27-20)21(25)24-9-8-23-13-19(24)15-4-3-7-22-12-15/h3-7,11-12,17,19,23H,2,8-10,13-14H2,1H3. The largest absolute Gasteiger partial charge is 0.494 e. The molecule has 2 aliphatic heterocycles. The number of aromatic nitrogens is 1. The molecule has 3 heterocycles. The Bertz CT molecular complexity index is 797. The number of fused-ring (bicyclic) bond motifs is 1. The monoisotopic (exact) mass is 367 g/mol. The van der Waals surface area contributed by atoms with Crippen LogP contribution in [-0.2, 0) is 11.2 Å². The number of nitrogens with one attached hydrogen (secondary N) is 1. The van der Waals surface area contributed by atoms with E-state index in [4.69, 9.17) is 9.47 Å². The Balaban J connectivity index is 1.52. The molecule has 1 N–H and O–H groups in total. The number of carbonyl (C=O) groups is 1. The molecule has 4 rings (SSSR count). The summed E-state index contributed by atoms with van der Waals surface area (Å²) in [5, 5.41) is 3.39. The van der Waals surface area contributed by atoms with Gasteiger partial charge in [0, 0.05) is 32.0 Å². The predicted octanol–water partition coefficient (Wildman–Crippen LogP) is 2.20. The number of ether oxygens (including phenoxy) is 2. The van der Waals surface area contributed by atoms with E-state index in [1.54, 1.807) is 6.20 Å². The summed E-state index contributed by atoms with van der Waals surface area (Å²) in [7, 11) is 0. The molecule has 1 amide bonds. The normalized spacial score (nSPS) is 21.9. The second-order valence-electron chi connectivity index (χ2n) is 6.95. The van der Waals surface area contributed by atoms with Crippen molar-refractivity contribution in [1.29, 1.82) is 0 Å².